The minimum Gasteiger partial charge on any atom is -0.505 e. The Morgan fingerprint density at radius 2 is 1.95 bits per heavy atom. The van der Waals surface area contributed by atoms with E-state index < -0.39 is 0 Å². The average molecular weight is 345 g/mol. The predicted octanol–water partition coefficient (Wildman–Crippen LogP) is 4.01. The lowest BCUT2D eigenvalue weighted by Gasteiger charge is -2.11. The molecule has 0 atom stereocenters. The van der Waals surface area contributed by atoms with Crippen molar-refractivity contribution in [3.8, 4) is 5.75 Å². The van der Waals surface area contributed by atoms with Crippen molar-refractivity contribution in [2.45, 2.75) is 13.8 Å². The molecular weight excluding hydrogens is 331 g/mol. The van der Waals surface area contributed by atoms with Gasteiger partial charge in [-0.3, -0.25) is 14.7 Å². The number of rotatable bonds is 3. The van der Waals surface area contributed by atoms with E-state index in [1.807, 2.05) is 13.8 Å². The Labute approximate surface area is 137 Å². The molecule has 4 nitrogen and oxygen atoms in total. The quantitative estimate of drug-likeness (QED) is 0.842. The van der Waals surface area contributed by atoms with E-state index in [1.54, 1.807) is 23.1 Å². The molecule has 1 aromatic carbocycles. The highest BCUT2D eigenvalue weighted by Crippen LogP contribution is 2.36. The molecule has 1 aromatic rings. The fraction of sp³-hybridized carbons (Fsp3) is 0.286. The molecule has 1 aliphatic rings. The van der Waals surface area contributed by atoms with Crippen LogP contribution in [-0.2, 0) is 4.79 Å². The van der Waals surface area contributed by atoms with Crippen LogP contribution in [0.4, 0.5) is 0 Å². The van der Waals surface area contributed by atoms with Crippen molar-refractivity contribution in [2.24, 2.45) is 4.99 Å². The molecule has 1 fully saturated rings. The van der Waals surface area contributed by atoms with Crippen LogP contribution in [0.1, 0.15) is 19.4 Å². The number of halogens is 2. The van der Waals surface area contributed by atoms with Crippen LogP contribution in [-0.4, -0.2) is 34.2 Å². The number of amides is 1. The highest BCUT2D eigenvalue weighted by Gasteiger charge is 2.31. The summed E-state index contributed by atoms with van der Waals surface area (Å²) in [5, 5.41) is 10.6. The number of hydrogen-bond donors (Lipinski definition) is 1. The number of nitrogens with zero attached hydrogens (tertiary/aromatic N) is 2. The van der Waals surface area contributed by atoms with Gasteiger partial charge in [0.2, 0.25) is 0 Å². The third-order valence-electron chi connectivity index (χ3n) is 2.83. The van der Waals surface area contributed by atoms with E-state index in [9.17, 15) is 9.90 Å². The molecule has 1 N–H and O–H groups in total. The van der Waals surface area contributed by atoms with Crippen molar-refractivity contribution in [1.82, 2.24) is 4.90 Å². The van der Waals surface area contributed by atoms with Crippen LogP contribution in [0.5, 0.6) is 5.75 Å². The van der Waals surface area contributed by atoms with Crippen LogP contribution in [0, 0.1) is 0 Å². The van der Waals surface area contributed by atoms with Gasteiger partial charge in [0.15, 0.2) is 10.9 Å². The van der Waals surface area contributed by atoms with Crippen molar-refractivity contribution < 1.29 is 9.90 Å². The van der Waals surface area contributed by atoms with E-state index in [0.29, 0.717) is 28.7 Å². The summed E-state index contributed by atoms with van der Waals surface area (Å²) in [4.78, 5) is 18.8. The molecule has 1 amide bonds. The van der Waals surface area contributed by atoms with Gasteiger partial charge in [0, 0.05) is 13.1 Å². The molecule has 2 rings (SSSR count). The number of benzene rings is 1. The number of hydrogen-bond acceptors (Lipinski definition) is 4. The van der Waals surface area contributed by atoms with Gasteiger partial charge >= 0.3 is 0 Å². The Morgan fingerprint density at radius 1 is 1.33 bits per heavy atom. The first-order valence-corrected chi connectivity index (χ1v) is 7.99. The smallest absolute Gasteiger partial charge is 0.266 e. The van der Waals surface area contributed by atoms with E-state index >= 15 is 0 Å². The predicted molar refractivity (Wildman–Crippen MR) is 89.1 cm³/mol. The van der Waals surface area contributed by atoms with E-state index in [2.05, 4.69) is 4.99 Å². The van der Waals surface area contributed by atoms with E-state index in [1.165, 1.54) is 11.8 Å². The zero-order chi connectivity index (χ0) is 15.6. The van der Waals surface area contributed by atoms with Crippen LogP contribution >= 0.6 is 35.0 Å². The van der Waals surface area contributed by atoms with Crippen molar-refractivity contribution in [3.05, 3.63) is 32.6 Å². The number of carbonyl (C=O) groups is 1. The Hall–Kier alpha value is -1.17. The number of phenolic OH excluding ortho intramolecular Hbond substituents is 1. The average Bonchev–Trinajstić information content (AvgIpc) is 2.72. The first kappa shape index (κ1) is 16.2. The Bertz CT molecular complexity index is 621. The largest absolute Gasteiger partial charge is 0.505 e. The lowest BCUT2D eigenvalue weighted by molar-refractivity contribution is -0.122. The lowest BCUT2D eigenvalue weighted by Crippen LogP contribution is -2.28. The van der Waals surface area contributed by atoms with Crippen LogP contribution in [0.15, 0.2) is 22.0 Å². The van der Waals surface area contributed by atoms with Gasteiger partial charge < -0.3 is 5.11 Å². The third-order valence-corrected chi connectivity index (χ3v) is 4.46. The molecule has 1 saturated heterocycles. The van der Waals surface area contributed by atoms with Gasteiger partial charge in [-0.1, -0.05) is 23.2 Å². The second kappa shape index (κ2) is 6.73. The topological polar surface area (TPSA) is 52.9 Å². The summed E-state index contributed by atoms with van der Waals surface area (Å²) in [6.07, 6.45) is 1.70. The summed E-state index contributed by atoms with van der Waals surface area (Å²) < 4.78 is 0. The molecule has 7 heteroatoms. The van der Waals surface area contributed by atoms with Crippen molar-refractivity contribution in [2.75, 3.05) is 13.1 Å². The highest BCUT2D eigenvalue weighted by atomic mass is 35.5. The van der Waals surface area contributed by atoms with Crippen LogP contribution in [0.25, 0.3) is 6.08 Å². The van der Waals surface area contributed by atoms with E-state index in [-0.39, 0.29) is 21.7 Å². The number of likely N-dealkylation sites (N-methyl/N-ethyl adjacent to an activating group) is 1. The second-order valence-corrected chi connectivity index (χ2v) is 6.07. The maximum absolute atomic E-state index is 12.3. The fourth-order valence-electron chi connectivity index (χ4n) is 1.86. The Kier molecular flexibility index (Phi) is 5.19. The minimum absolute atomic E-state index is 0.0879. The number of phenols is 1. The number of carbonyl (C=O) groups excluding carboxylic acids is 1. The van der Waals surface area contributed by atoms with Crippen molar-refractivity contribution in [1.29, 1.82) is 0 Å². The number of aliphatic imine (C=N–C) groups is 1. The summed E-state index contributed by atoms with van der Waals surface area (Å²) in [6, 6.07) is 3.13. The molecule has 0 aromatic heterocycles. The highest BCUT2D eigenvalue weighted by molar-refractivity contribution is 8.18. The minimum atomic E-state index is -0.158. The summed E-state index contributed by atoms with van der Waals surface area (Å²) in [6.45, 7) is 5.02. The number of thioether (sulfide) groups is 1. The van der Waals surface area contributed by atoms with Crippen molar-refractivity contribution >= 4 is 52.1 Å². The van der Waals surface area contributed by atoms with Gasteiger partial charge in [0.05, 0.1) is 15.0 Å². The van der Waals surface area contributed by atoms with Gasteiger partial charge in [0.25, 0.3) is 5.91 Å². The normalized spacial score (nSPS) is 19.0. The molecule has 0 aliphatic carbocycles. The van der Waals surface area contributed by atoms with Crippen LogP contribution in [0.2, 0.25) is 10.0 Å². The summed E-state index contributed by atoms with van der Waals surface area (Å²) in [5.41, 5.74) is 0.660. The van der Waals surface area contributed by atoms with Gasteiger partial charge in [-0.05, 0) is 49.4 Å². The standard InChI is InChI=1S/C14H14Cl2N2O2S/c1-3-17-14-18(4-2)13(20)11(21-14)7-8-5-9(15)12(19)10(16)6-8/h5-7,19H,3-4H2,1-2H3/b11-7-,17-14?. The van der Waals surface area contributed by atoms with E-state index in [0.717, 1.165) is 0 Å². The molecule has 0 bridgehead atoms. The number of amidine groups is 1. The Morgan fingerprint density at radius 3 is 2.48 bits per heavy atom. The second-order valence-electron chi connectivity index (χ2n) is 4.25. The SMILES string of the molecule is CCN=C1S/C(=C\c2cc(Cl)c(O)c(Cl)c2)C(=O)N1CC. The van der Waals surface area contributed by atoms with E-state index in [4.69, 9.17) is 23.2 Å². The lowest BCUT2D eigenvalue weighted by atomic mass is 10.2. The van der Waals surface area contributed by atoms with Crippen molar-refractivity contribution in [3.63, 3.8) is 0 Å². The monoisotopic (exact) mass is 344 g/mol. The molecule has 0 saturated carbocycles. The van der Waals surface area contributed by atoms with Crippen LogP contribution < -0.4 is 0 Å². The molecule has 21 heavy (non-hydrogen) atoms. The summed E-state index contributed by atoms with van der Waals surface area (Å²) in [5.74, 6) is -0.246. The molecule has 0 unspecified atom stereocenters. The summed E-state index contributed by atoms with van der Waals surface area (Å²) in [7, 11) is 0. The maximum Gasteiger partial charge on any atom is 0.266 e. The van der Waals surface area contributed by atoms with Gasteiger partial charge in [-0.2, -0.15) is 0 Å². The molecule has 1 aliphatic heterocycles. The number of aromatic hydroxyl groups is 1. The first-order chi connectivity index (χ1) is 9.97. The van der Waals surface area contributed by atoms with Gasteiger partial charge in [0.1, 0.15) is 0 Å². The molecule has 0 spiro atoms. The summed E-state index contributed by atoms with van der Waals surface area (Å²) >= 11 is 13.1. The Balaban J connectivity index is 2.38. The van der Waals surface area contributed by atoms with Gasteiger partial charge in [-0.25, -0.2) is 0 Å². The third kappa shape index (κ3) is 3.36. The van der Waals surface area contributed by atoms with Crippen LogP contribution in [0.3, 0.4) is 0 Å². The molecule has 112 valence electrons. The van der Waals surface area contributed by atoms with Gasteiger partial charge in [-0.15, -0.1) is 0 Å². The molecule has 0 radical (unpaired) electrons. The zero-order valence-electron chi connectivity index (χ0n) is 11.6. The molecule has 1 heterocycles. The molecular formula is C14H14Cl2N2O2S. The fourth-order valence-corrected chi connectivity index (χ4v) is 3.47. The zero-order valence-corrected chi connectivity index (χ0v) is 13.9. The maximum atomic E-state index is 12.3. The first-order valence-electron chi connectivity index (χ1n) is 6.41.